The van der Waals surface area contributed by atoms with E-state index in [0.717, 1.165) is 6.07 Å². The van der Waals surface area contributed by atoms with E-state index >= 15 is 0 Å². The molecule has 0 spiro atoms. The quantitative estimate of drug-likeness (QED) is 0.778. The number of halogens is 2. The summed E-state index contributed by atoms with van der Waals surface area (Å²) in [5.74, 6) is -1.35. The molecule has 1 heterocycles. The van der Waals surface area contributed by atoms with Gasteiger partial charge in [-0.05, 0) is 12.1 Å². The van der Waals surface area contributed by atoms with Gasteiger partial charge in [-0.25, -0.2) is 8.78 Å². The number of amidine groups is 1. The van der Waals surface area contributed by atoms with Crippen LogP contribution in [0.4, 0.5) is 8.78 Å². The molecule has 0 saturated carbocycles. The number of nitrogens with two attached hydrogens (primary N) is 1. The van der Waals surface area contributed by atoms with E-state index < -0.39 is 11.6 Å². The van der Waals surface area contributed by atoms with Gasteiger partial charge in [-0.1, -0.05) is 13.0 Å². The Morgan fingerprint density at radius 1 is 1.31 bits per heavy atom. The Kier molecular flexibility index (Phi) is 2.68. The van der Waals surface area contributed by atoms with Crippen molar-refractivity contribution in [2.24, 2.45) is 21.9 Å². The van der Waals surface area contributed by atoms with Crippen LogP contribution in [0.1, 0.15) is 18.9 Å². The van der Waals surface area contributed by atoms with Gasteiger partial charge in [0.2, 0.25) is 0 Å². The normalized spacial score (nSPS) is 20.3. The highest BCUT2D eigenvalue weighted by molar-refractivity contribution is 6.04. The molecule has 2 N–H and O–H groups in total. The first-order chi connectivity index (χ1) is 7.59. The van der Waals surface area contributed by atoms with E-state index in [9.17, 15) is 8.78 Å². The van der Waals surface area contributed by atoms with Gasteiger partial charge >= 0.3 is 0 Å². The largest absolute Gasteiger partial charge is 0.385 e. The average Bonchev–Trinajstić information content (AvgIpc) is 2.26. The Hall–Kier alpha value is -1.78. The van der Waals surface area contributed by atoms with Gasteiger partial charge in [0.1, 0.15) is 5.84 Å². The van der Waals surface area contributed by atoms with E-state index in [0.29, 0.717) is 18.0 Å². The van der Waals surface area contributed by atoms with Crippen molar-refractivity contribution >= 4 is 11.5 Å². The maximum absolute atomic E-state index is 13.5. The fourth-order valence-electron chi connectivity index (χ4n) is 1.54. The molecule has 2 rings (SSSR count). The number of rotatable bonds is 1. The topological polar surface area (TPSA) is 50.7 Å². The molecule has 0 bridgehead atoms. The van der Waals surface area contributed by atoms with Crippen molar-refractivity contribution in [3.63, 3.8) is 0 Å². The second-order valence-electron chi connectivity index (χ2n) is 3.78. The van der Waals surface area contributed by atoms with Crippen LogP contribution in [0.5, 0.6) is 0 Å². The molecule has 16 heavy (non-hydrogen) atoms. The molecule has 1 aliphatic heterocycles. The van der Waals surface area contributed by atoms with E-state index in [-0.39, 0.29) is 11.5 Å². The van der Waals surface area contributed by atoms with E-state index in [1.54, 1.807) is 0 Å². The molecule has 5 heteroatoms. The Labute approximate surface area is 91.7 Å². The smallest absolute Gasteiger partial charge is 0.167 e. The summed E-state index contributed by atoms with van der Waals surface area (Å²) in [5.41, 5.74) is 6.15. The highest BCUT2D eigenvalue weighted by atomic mass is 19.2. The minimum Gasteiger partial charge on any atom is -0.385 e. The monoisotopic (exact) mass is 223 g/mol. The first-order valence-electron chi connectivity index (χ1n) is 4.94. The Morgan fingerprint density at radius 2 is 2.06 bits per heavy atom. The van der Waals surface area contributed by atoms with Crippen LogP contribution in [0.25, 0.3) is 0 Å². The van der Waals surface area contributed by atoms with E-state index in [2.05, 4.69) is 10.2 Å². The third-order valence-corrected chi connectivity index (χ3v) is 2.55. The van der Waals surface area contributed by atoms with Gasteiger partial charge < -0.3 is 5.73 Å². The molecule has 1 aromatic carbocycles. The van der Waals surface area contributed by atoms with Gasteiger partial charge in [0, 0.05) is 17.9 Å². The van der Waals surface area contributed by atoms with Crippen LogP contribution in [0, 0.1) is 17.6 Å². The molecular formula is C11H11F2N3. The molecule has 1 atom stereocenters. The zero-order valence-electron chi connectivity index (χ0n) is 8.74. The highest BCUT2D eigenvalue weighted by Crippen LogP contribution is 2.19. The molecule has 1 aromatic rings. The maximum atomic E-state index is 13.5. The minimum atomic E-state index is -0.885. The SMILES string of the molecule is CC1CC(c2cccc(F)c2F)=NN=C1N. The van der Waals surface area contributed by atoms with Crippen molar-refractivity contribution in [1.29, 1.82) is 0 Å². The third-order valence-electron chi connectivity index (χ3n) is 2.55. The molecule has 1 unspecified atom stereocenters. The van der Waals surface area contributed by atoms with Crippen molar-refractivity contribution in [2.45, 2.75) is 13.3 Å². The molecule has 0 amide bonds. The molecule has 0 saturated heterocycles. The van der Waals surface area contributed by atoms with Crippen molar-refractivity contribution in [1.82, 2.24) is 0 Å². The minimum absolute atomic E-state index is 0.00447. The second kappa shape index (κ2) is 4.00. The van der Waals surface area contributed by atoms with Gasteiger partial charge in [-0.2, -0.15) is 5.10 Å². The number of benzene rings is 1. The summed E-state index contributed by atoms with van der Waals surface area (Å²) in [5, 5.41) is 7.54. The summed E-state index contributed by atoms with van der Waals surface area (Å²) in [7, 11) is 0. The van der Waals surface area contributed by atoms with E-state index in [1.807, 2.05) is 6.92 Å². The lowest BCUT2D eigenvalue weighted by atomic mass is 9.97. The summed E-state index contributed by atoms with van der Waals surface area (Å²) in [6.07, 6.45) is 0.468. The molecule has 0 fully saturated rings. The Morgan fingerprint density at radius 3 is 2.75 bits per heavy atom. The molecule has 0 aliphatic carbocycles. The molecule has 84 valence electrons. The summed E-state index contributed by atoms with van der Waals surface area (Å²) in [6, 6.07) is 4.01. The molecule has 1 aliphatic rings. The van der Waals surface area contributed by atoms with Crippen LogP contribution in [-0.2, 0) is 0 Å². The first kappa shape index (κ1) is 10.7. The summed E-state index contributed by atoms with van der Waals surface area (Å²) in [6.45, 7) is 1.87. The number of hydrogen-bond acceptors (Lipinski definition) is 3. The number of hydrogen-bond donors (Lipinski definition) is 1. The van der Waals surface area contributed by atoms with E-state index in [4.69, 9.17) is 5.73 Å². The van der Waals surface area contributed by atoms with Crippen LogP contribution in [0.15, 0.2) is 28.4 Å². The zero-order chi connectivity index (χ0) is 11.7. The highest BCUT2D eigenvalue weighted by Gasteiger charge is 2.20. The van der Waals surface area contributed by atoms with Gasteiger partial charge in [-0.3, -0.25) is 0 Å². The van der Waals surface area contributed by atoms with Crippen molar-refractivity contribution in [2.75, 3.05) is 0 Å². The zero-order valence-corrected chi connectivity index (χ0v) is 8.74. The molecule has 0 aromatic heterocycles. The van der Waals surface area contributed by atoms with Gasteiger partial charge in [0.05, 0.1) is 5.71 Å². The second-order valence-corrected chi connectivity index (χ2v) is 3.78. The predicted octanol–water partition coefficient (Wildman–Crippen LogP) is 2.07. The summed E-state index contributed by atoms with van der Waals surface area (Å²) >= 11 is 0. The summed E-state index contributed by atoms with van der Waals surface area (Å²) < 4.78 is 26.5. The standard InChI is InChI=1S/C11H11F2N3/c1-6-5-9(15-16-11(6)14)7-3-2-4-8(12)10(7)13/h2-4,6H,5H2,1H3,(H2,14,16). The lowest BCUT2D eigenvalue weighted by Crippen LogP contribution is -2.27. The van der Waals surface area contributed by atoms with Gasteiger partial charge in [-0.15, -0.1) is 5.10 Å². The van der Waals surface area contributed by atoms with Crippen molar-refractivity contribution in [3.05, 3.63) is 35.4 Å². The van der Waals surface area contributed by atoms with Crippen molar-refractivity contribution < 1.29 is 8.78 Å². The Bertz CT molecular complexity index is 480. The van der Waals surface area contributed by atoms with Crippen LogP contribution in [0.2, 0.25) is 0 Å². The molecule has 3 nitrogen and oxygen atoms in total. The van der Waals surface area contributed by atoms with Crippen LogP contribution in [-0.4, -0.2) is 11.5 Å². The predicted molar refractivity (Wildman–Crippen MR) is 58.3 cm³/mol. The van der Waals surface area contributed by atoms with Gasteiger partial charge in [0.15, 0.2) is 11.6 Å². The Balaban J connectivity index is 2.43. The number of nitrogens with zero attached hydrogens (tertiary/aromatic N) is 2. The van der Waals surface area contributed by atoms with Crippen LogP contribution >= 0.6 is 0 Å². The third kappa shape index (κ3) is 1.80. The molecular weight excluding hydrogens is 212 g/mol. The first-order valence-corrected chi connectivity index (χ1v) is 4.94. The lowest BCUT2D eigenvalue weighted by Gasteiger charge is -2.16. The summed E-state index contributed by atoms with van der Waals surface area (Å²) in [4.78, 5) is 0. The van der Waals surface area contributed by atoms with Crippen LogP contribution in [0.3, 0.4) is 0 Å². The van der Waals surface area contributed by atoms with Crippen LogP contribution < -0.4 is 5.73 Å². The fraction of sp³-hybridized carbons (Fsp3) is 0.273. The van der Waals surface area contributed by atoms with Crippen molar-refractivity contribution in [3.8, 4) is 0 Å². The fourth-order valence-corrected chi connectivity index (χ4v) is 1.54. The molecule has 0 radical (unpaired) electrons. The average molecular weight is 223 g/mol. The van der Waals surface area contributed by atoms with E-state index in [1.165, 1.54) is 12.1 Å². The lowest BCUT2D eigenvalue weighted by molar-refractivity contribution is 0.506. The van der Waals surface area contributed by atoms with Gasteiger partial charge in [0.25, 0.3) is 0 Å². The maximum Gasteiger partial charge on any atom is 0.167 e.